The van der Waals surface area contributed by atoms with Crippen molar-refractivity contribution in [1.29, 1.82) is 0 Å². The predicted molar refractivity (Wildman–Crippen MR) is 272 cm³/mol. The molecule has 10 aromatic carbocycles. The van der Waals surface area contributed by atoms with E-state index in [1.165, 1.54) is 58.7 Å². The molecule has 13 rings (SSSR count). The number of furan rings is 1. The van der Waals surface area contributed by atoms with Crippen LogP contribution in [0.5, 0.6) is 0 Å². The summed E-state index contributed by atoms with van der Waals surface area (Å²) in [6.45, 7) is 0. The van der Waals surface area contributed by atoms with Crippen LogP contribution in [0.25, 0.3) is 103 Å². The fraction of sp³-hybridized carbons (Fsp3) is 0. The Morgan fingerprint density at radius 1 is 0.312 bits per heavy atom. The number of thiophene rings is 1. The molecule has 0 N–H and O–H groups in total. The van der Waals surface area contributed by atoms with Gasteiger partial charge in [0.15, 0.2) is 0 Å². The maximum absolute atomic E-state index is 6.20. The zero-order chi connectivity index (χ0) is 42.1. The van der Waals surface area contributed by atoms with Gasteiger partial charge in [0.05, 0.1) is 11.0 Å². The number of rotatable bonds is 7. The minimum atomic E-state index is 0.897. The van der Waals surface area contributed by atoms with Gasteiger partial charge in [-0.25, -0.2) is 0 Å². The van der Waals surface area contributed by atoms with E-state index < -0.39 is 0 Å². The lowest BCUT2D eigenvalue weighted by atomic mass is 10.00. The molecule has 0 aliphatic carbocycles. The Kier molecular flexibility index (Phi) is 8.40. The van der Waals surface area contributed by atoms with E-state index in [1.807, 2.05) is 23.5 Å². The Morgan fingerprint density at radius 3 is 1.66 bits per heavy atom. The second-order valence-electron chi connectivity index (χ2n) is 16.5. The summed E-state index contributed by atoms with van der Waals surface area (Å²) in [4.78, 5) is 2.39. The summed E-state index contributed by atoms with van der Waals surface area (Å²) < 4.78 is 11.2. The van der Waals surface area contributed by atoms with Crippen molar-refractivity contribution >= 4 is 92.3 Å². The summed E-state index contributed by atoms with van der Waals surface area (Å²) in [5, 5.41) is 7.35. The van der Waals surface area contributed by atoms with E-state index in [1.54, 1.807) is 0 Å². The number of fused-ring (bicyclic) bond motifs is 9. The fourth-order valence-corrected chi connectivity index (χ4v) is 10.8. The van der Waals surface area contributed by atoms with Crippen LogP contribution in [0.3, 0.4) is 0 Å². The maximum atomic E-state index is 6.20. The van der Waals surface area contributed by atoms with Gasteiger partial charge < -0.3 is 13.9 Å². The summed E-state index contributed by atoms with van der Waals surface area (Å²) in [6, 6.07) is 83.6. The second-order valence-corrected chi connectivity index (χ2v) is 17.6. The lowest BCUT2D eigenvalue weighted by Crippen LogP contribution is -2.10. The molecule has 0 fully saturated rings. The molecule has 64 heavy (non-hydrogen) atoms. The molecule has 300 valence electrons. The minimum absolute atomic E-state index is 0.897. The highest BCUT2D eigenvalue weighted by molar-refractivity contribution is 7.25. The van der Waals surface area contributed by atoms with Crippen LogP contribution in [0.1, 0.15) is 0 Å². The maximum Gasteiger partial charge on any atom is 0.135 e. The van der Waals surface area contributed by atoms with Crippen LogP contribution in [-0.4, -0.2) is 4.57 Å². The third-order valence-electron chi connectivity index (χ3n) is 12.8. The van der Waals surface area contributed by atoms with E-state index in [0.29, 0.717) is 0 Å². The van der Waals surface area contributed by atoms with E-state index in [-0.39, 0.29) is 0 Å². The largest absolute Gasteiger partial charge is 0.456 e. The fourth-order valence-electron chi connectivity index (χ4n) is 9.72. The van der Waals surface area contributed by atoms with Gasteiger partial charge in [-0.3, -0.25) is 0 Å². The van der Waals surface area contributed by atoms with E-state index >= 15 is 0 Å². The number of hydrogen-bond donors (Lipinski definition) is 0. The highest BCUT2D eigenvalue weighted by atomic mass is 32.1. The molecule has 4 heteroatoms. The molecular weight excluding hydrogens is 797 g/mol. The van der Waals surface area contributed by atoms with Crippen LogP contribution < -0.4 is 4.90 Å². The van der Waals surface area contributed by atoms with Crippen LogP contribution in [0, 0.1) is 0 Å². The van der Waals surface area contributed by atoms with Crippen LogP contribution >= 0.6 is 11.3 Å². The van der Waals surface area contributed by atoms with Crippen molar-refractivity contribution < 1.29 is 4.42 Å². The lowest BCUT2D eigenvalue weighted by Gasteiger charge is -2.27. The molecule has 0 unspecified atom stereocenters. The molecule has 0 saturated heterocycles. The highest BCUT2D eigenvalue weighted by Gasteiger charge is 2.18. The van der Waals surface area contributed by atoms with Crippen LogP contribution in [0.4, 0.5) is 17.1 Å². The molecule has 3 nitrogen and oxygen atoms in total. The summed E-state index contributed by atoms with van der Waals surface area (Å²) in [5.41, 5.74) is 15.6. The Hall–Kier alpha value is -8.18. The smallest absolute Gasteiger partial charge is 0.135 e. The van der Waals surface area contributed by atoms with Gasteiger partial charge in [-0.05, 0) is 137 Å². The van der Waals surface area contributed by atoms with Gasteiger partial charge in [-0.15, -0.1) is 11.3 Å². The number of anilines is 3. The molecule has 13 aromatic rings. The molecule has 0 radical (unpaired) electrons. The third-order valence-corrected chi connectivity index (χ3v) is 13.9. The van der Waals surface area contributed by atoms with E-state index in [2.05, 4.69) is 228 Å². The van der Waals surface area contributed by atoms with Crippen molar-refractivity contribution in [2.24, 2.45) is 0 Å². The van der Waals surface area contributed by atoms with Gasteiger partial charge in [0.1, 0.15) is 11.2 Å². The lowest BCUT2D eigenvalue weighted by molar-refractivity contribution is 0.669. The van der Waals surface area contributed by atoms with Gasteiger partial charge in [0, 0.05) is 64.5 Å². The predicted octanol–water partition coefficient (Wildman–Crippen LogP) is 17.5. The average Bonchev–Trinajstić information content (AvgIpc) is 4.04. The van der Waals surface area contributed by atoms with Crippen molar-refractivity contribution in [2.75, 3.05) is 4.90 Å². The number of aromatic nitrogens is 1. The average molecular weight is 835 g/mol. The molecule has 0 spiro atoms. The summed E-state index contributed by atoms with van der Waals surface area (Å²) >= 11 is 1.86. The van der Waals surface area contributed by atoms with Crippen LogP contribution in [0.15, 0.2) is 235 Å². The Morgan fingerprint density at radius 2 is 0.859 bits per heavy atom. The minimum Gasteiger partial charge on any atom is -0.456 e. The molecule has 0 amide bonds. The first-order valence-electron chi connectivity index (χ1n) is 21.7. The van der Waals surface area contributed by atoms with Crippen molar-refractivity contribution in [2.45, 2.75) is 0 Å². The first-order chi connectivity index (χ1) is 31.7. The molecule has 0 saturated carbocycles. The Balaban J connectivity index is 0.935. The topological polar surface area (TPSA) is 21.3 Å². The van der Waals surface area contributed by atoms with E-state index in [4.69, 9.17) is 4.42 Å². The first-order valence-corrected chi connectivity index (χ1v) is 22.5. The van der Waals surface area contributed by atoms with Crippen molar-refractivity contribution in [3.05, 3.63) is 231 Å². The Labute approximate surface area is 373 Å². The molecule has 0 bridgehead atoms. The van der Waals surface area contributed by atoms with E-state index in [0.717, 1.165) is 61.4 Å². The molecule has 3 heterocycles. The molecule has 0 atom stereocenters. The van der Waals surface area contributed by atoms with Gasteiger partial charge in [0.2, 0.25) is 0 Å². The zero-order valence-corrected chi connectivity index (χ0v) is 35.5. The van der Waals surface area contributed by atoms with Gasteiger partial charge >= 0.3 is 0 Å². The quantitative estimate of drug-likeness (QED) is 0.159. The van der Waals surface area contributed by atoms with Gasteiger partial charge in [-0.2, -0.15) is 0 Å². The van der Waals surface area contributed by atoms with E-state index in [9.17, 15) is 0 Å². The SMILES string of the molecule is c1ccc(-n2c3ccccc3c3cc(-c4cccc(N(c5ccc(-c6ccc7sc8ccccc8c7c6)cc5)c5cccc(-c6ccc7oc8ccccc8c7c6)c5)c4)ccc32)cc1. The third kappa shape index (κ3) is 6.03. The zero-order valence-electron chi connectivity index (χ0n) is 34.7. The van der Waals surface area contributed by atoms with Crippen LogP contribution in [0.2, 0.25) is 0 Å². The monoisotopic (exact) mass is 834 g/mol. The highest BCUT2D eigenvalue weighted by Crippen LogP contribution is 2.42. The molecule has 0 aliphatic rings. The summed E-state index contributed by atoms with van der Waals surface area (Å²) in [6.07, 6.45) is 0. The van der Waals surface area contributed by atoms with Gasteiger partial charge in [0.25, 0.3) is 0 Å². The number of nitrogens with zero attached hydrogens (tertiary/aromatic N) is 2. The number of para-hydroxylation sites is 3. The molecule has 3 aromatic heterocycles. The standard InChI is InChI=1S/C60H38N2OS/c1-2-14-45(15-3-1)62-55-21-7-4-18-49(55)52-36-43(26-31-56(52)62)40-12-10-16-47(34-40)61(46-29-24-39(25-30-46)42-28-33-60-54(38-42)51-20-6-9-23-59(51)64-60)48-17-11-13-41(35-48)44-27-32-58-53(37-44)50-19-5-8-22-57(50)63-58/h1-38H. The molecule has 0 aliphatic heterocycles. The van der Waals surface area contributed by atoms with Gasteiger partial charge in [-0.1, -0.05) is 127 Å². The summed E-state index contributed by atoms with van der Waals surface area (Å²) in [7, 11) is 0. The second kappa shape index (κ2) is 14.7. The first kappa shape index (κ1) is 36.5. The van der Waals surface area contributed by atoms with Crippen molar-refractivity contribution in [3.8, 4) is 39.1 Å². The van der Waals surface area contributed by atoms with Crippen molar-refractivity contribution in [3.63, 3.8) is 0 Å². The Bertz CT molecular complexity index is 3910. The number of benzene rings is 10. The normalized spacial score (nSPS) is 11.8. The molecular formula is C60H38N2OS. The van der Waals surface area contributed by atoms with Crippen LogP contribution in [-0.2, 0) is 0 Å². The summed E-state index contributed by atoms with van der Waals surface area (Å²) in [5.74, 6) is 0. The number of hydrogen-bond acceptors (Lipinski definition) is 3. The van der Waals surface area contributed by atoms with Crippen molar-refractivity contribution in [1.82, 2.24) is 4.57 Å².